The molecule has 0 spiro atoms. The van der Waals surface area contributed by atoms with Crippen LogP contribution in [0.1, 0.15) is 15.5 Å². The molecule has 2 rings (SSSR count). The molecule has 0 aliphatic rings. The van der Waals surface area contributed by atoms with Crippen molar-refractivity contribution in [3.05, 3.63) is 45.9 Å². The fraction of sp³-hybridized carbons (Fsp3) is 0.167. The molecule has 0 unspecified atom stereocenters. The fourth-order valence-electron chi connectivity index (χ4n) is 1.44. The van der Waals surface area contributed by atoms with Gasteiger partial charge in [-0.05, 0) is 19.1 Å². The lowest BCUT2D eigenvalue weighted by Gasteiger charge is -2.16. The molecule has 0 saturated heterocycles. The SMILES string of the molecule is Cc1nc(C(=O)N(C)c2ccc(F)c(F)c2)cs1. The molecule has 0 bridgehead atoms. The highest BCUT2D eigenvalue weighted by molar-refractivity contribution is 7.09. The summed E-state index contributed by atoms with van der Waals surface area (Å²) in [6, 6.07) is 3.31. The van der Waals surface area contributed by atoms with E-state index in [0.717, 1.165) is 17.1 Å². The molecule has 0 saturated carbocycles. The Balaban J connectivity index is 2.28. The van der Waals surface area contributed by atoms with Gasteiger partial charge in [0.05, 0.1) is 5.01 Å². The Morgan fingerprint density at radius 3 is 2.61 bits per heavy atom. The summed E-state index contributed by atoms with van der Waals surface area (Å²) in [5.41, 5.74) is 0.578. The molecule has 0 atom stereocenters. The molecule has 0 N–H and O–H groups in total. The van der Waals surface area contributed by atoms with E-state index in [1.165, 1.54) is 29.4 Å². The van der Waals surface area contributed by atoms with E-state index in [2.05, 4.69) is 4.98 Å². The van der Waals surface area contributed by atoms with Crippen LogP contribution >= 0.6 is 11.3 Å². The van der Waals surface area contributed by atoms with Gasteiger partial charge in [0.15, 0.2) is 11.6 Å². The predicted octanol–water partition coefficient (Wildman–Crippen LogP) is 3.01. The maximum atomic E-state index is 13.1. The smallest absolute Gasteiger partial charge is 0.277 e. The molecule has 3 nitrogen and oxygen atoms in total. The first-order chi connectivity index (χ1) is 8.49. The Morgan fingerprint density at radius 2 is 2.06 bits per heavy atom. The summed E-state index contributed by atoms with van der Waals surface area (Å²) < 4.78 is 25.9. The summed E-state index contributed by atoms with van der Waals surface area (Å²) in [5.74, 6) is -2.28. The molecular weight excluding hydrogens is 258 g/mol. The standard InChI is InChI=1S/C12H10F2N2OS/c1-7-15-11(6-18-7)12(17)16(2)8-3-4-9(13)10(14)5-8/h3-6H,1-2H3. The Kier molecular flexibility index (Phi) is 3.38. The van der Waals surface area contributed by atoms with E-state index in [1.807, 2.05) is 0 Å². The Hall–Kier alpha value is -1.82. The highest BCUT2D eigenvalue weighted by atomic mass is 32.1. The van der Waals surface area contributed by atoms with Crippen molar-refractivity contribution in [1.82, 2.24) is 4.98 Å². The van der Waals surface area contributed by atoms with E-state index in [4.69, 9.17) is 0 Å². The van der Waals surface area contributed by atoms with Crippen molar-refractivity contribution >= 4 is 22.9 Å². The zero-order valence-corrected chi connectivity index (χ0v) is 10.6. The van der Waals surface area contributed by atoms with Gasteiger partial charge in [0.2, 0.25) is 0 Å². The molecule has 2 aromatic rings. The number of rotatable bonds is 2. The number of amides is 1. The van der Waals surface area contributed by atoms with Crippen LogP contribution in [0.3, 0.4) is 0 Å². The van der Waals surface area contributed by atoms with Gasteiger partial charge in [-0.25, -0.2) is 13.8 Å². The predicted molar refractivity (Wildman–Crippen MR) is 65.9 cm³/mol. The van der Waals surface area contributed by atoms with Crippen molar-refractivity contribution < 1.29 is 13.6 Å². The van der Waals surface area contributed by atoms with Crippen LogP contribution < -0.4 is 4.90 Å². The lowest BCUT2D eigenvalue weighted by atomic mass is 10.2. The van der Waals surface area contributed by atoms with Crippen molar-refractivity contribution in [2.24, 2.45) is 0 Å². The van der Waals surface area contributed by atoms with Crippen LogP contribution in [-0.4, -0.2) is 17.9 Å². The minimum atomic E-state index is -0.985. The molecule has 1 amide bonds. The molecule has 1 aromatic heterocycles. The Morgan fingerprint density at radius 1 is 1.33 bits per heavy atom. The minimum Gasteiger partial charge on any atom is -0.310 e. The number of hydrogen-bond acceptors (Lipinski definition) is 3. The van der Waals surface area contributed by atoms with Gasteiger partial charge in [0.25, 0.3) is 5.91 Å². The van der Waals surface area contributed by atoms with Gasteiger partial charge in [-0.15, -0.1) is 11.3 Å². The first-order valence-corrected chi connectivity index (χ1v) is 6.02. The molecule has 1 heterocycles. The van der Waals surface area contributed by atoms with Gasteiger partial charge in [-0.2, -0.15) is 0 Å². The van der Waals surface area contributed by atoms with Crippen molar-refractivity contribution in [3.63, 3.8) is 0 Å². The zero-order valence-electron chi connectivity index (χ0n) is 9.78. The molecule has 1 aromatic carbocycles. The summed E-state index contributed by atoms with van der Waals surface area (Å²) in [4.78, 5) is 17.3. The summed E-state index contributed by atoms with van der Waals surface area (Å²) in [5, 5.41) is 2.41. The first kappa shape index (κ1) is 12.6. The molecule has 0 aliphatic carbocycles. The lowest BCUT2D eigenvalue weighted by Crippen LogP contribution is -2.26. The van der Waals surface area contributed by atoms with E-state index in [1.54, 1.807) is 12.3 Å². The second-order valence-corrected chi connectivity index (χ2v) is 4.78. The first-order valence-electron chi connectivity index (χ1n) is 5.14. The number of carbonyl (C=O) groups excluding carboxylic acids is 1. The van der Waals surface area contributed by atoms with Gasteiger partial charge in [0, 0.05) is 24.2 Å². The zero-order chi connectivity index (χ0) is 13.3. The fourth-order valence-corrected chi connectivity index (χ4v) is 2.03. The van der Waals surface area contributed by atoms with Crippen molar-refractivity contribution in [1.29, 1.82) is 0 Å². The van der Waals surface area contributed by atoms with Crippen LogP contribution in [0.4, 0.5) is 14.5 Å². The molecule has 0 fully saturated rings. The molecule has 94 valence electrons. The number of aromatic nitrogens is 1. The normalized spacial score (nSPS) is 10.4. The maximum absolute atomic E-state index is 13.1. The maximum Gasteiger partial charge on any atom is 0.277 e. The van der Waals surface area contributed by atoms with Gasteiger partial charge >= 0.3 is 0 Å². The number of nitrogens with zero attached hydrogens (tertiary/aromatic N) is 2. The summed E-state index contributed by atoms with van der Waals surface area (Å²) in [7, 11) is 1.49. The number of carbonyl (C=O) groups is 1. The second kappa shape index (κ2) is 4.81. The lowest BCUT2D eigenvalue weighted by molar-refractivity contribution is 0.0988. The Bertz CT molecular complexity index is 598. The van der Waals surface area contributed by atoms with Gasteiger partial charge < -0.3 is 4.90 Å². The number of thiazole rings is 1. The molecule has 18 heavy (non-hydrogen) atoms. The number of anilines is 1. The topological polar surface area (TPSA) is 33.2 Å². The molecule has 0 radical (unpaired) electrons. The number of hydrogen-bond donors (Lipinski definition) is 0. The van der Waals surface area contributed by atoms with Crippen molar-refractivity contribution in [2.45, 2.75) is 6.92 Å². The number of aryl methyl sites for hydroxylation is 1. The average Bonchev–Trinajstić information content (AvgIpc) is 2.77. The van der Waals surface area contributed by atoms with Gasteiger partial charge in [0.1, 0.15) is 5.69 Å². The number of benzene rings is 1. The number of halogens is 2. The van der Waals surface area contributed by atoms with Crippen LogP contribution in [0, 0.1) is 18.6 Å². The molecule has 0 aliphatic heterocycles. The van der Waals surface area contributed by atoms with Crippen LogP contribution in [-0.2, 0) is 0 Å². The summed E-state index contributed by atoms with van der Waals surface area (Å²) in [6.45, 7) is 1.79. The van der Waals surface area contributed by atoms with Crippen LogP contribution in [0.15, 0.2) is 23.6 Å². The summed E-state index contributed by atoms with van der Waals surface area (Å²) >= 11 is 1.36. The van der Waals surface area contributed by atoms with E-state index in [0.29, 0.717) is 5.69 Å². The van der Waals surface area contributed by atoms with Gasteiger partial charge in [-0.1, -0.05) is 0 Å². The third-order valence-corrected chi connectivity index (χ3v) is 3.21. The molecular formula is C12H10F2N2OS. The highest BCUT2D eigenvalue weighted by Gasteiger charge is 2.17. The van der Waals surface area contributed by atoms with Crippen molar-refractivity contribution in [2.75, 3.05) is 11.9 Å². The van der Waals surface area contributed by atoms with Crippen LogP contribution in [0.5, 0.6) is 0 Å². The van der Waals surface area contributed by atoms with Crippen LogP contribution in [0.2, 0.25) is 0 Å². The third kappa shape index (κ3) is 2.38. The second-order valence-electron chi connectivity index (χ2n) is 3.71. The van der Waals surface area contributed by atoms with E-state index in [9.17, 15) is 13.6 Å². The molecule has 6 heteroatoms. The van der Waals surface area contributed by atoms with E-state index in [-0.39, 0.29) is 11.6 Å². The third-order valence-electron chi connectivity index (χ3n) is 2.43. The van der Waals surface area contributed by atoms with Crippen LogP contribution in [0.25, 0.3) is 0 Å². The van der Waals surface area contributed by atoms with E-state index < -0.39 is 11.6 Å². The minimum absolute atomic E-state index is 0.282. The van der Waals surface area contributed by atoms with Crippen molar-refractivity contribution in [3.8, 4) is 0 Å². The summed E-state index contributed by atoms with van der Waals surface area (Å²) in [6.07, 6.45) is 0. The van der Waals surface area contributed by atoms with Gasteiger partial charge in [-0.3, -0.25) is 4.79 Å². The highest BCUT2D eigenvalue weighted by Crippen LogP contribution is 2.19. The van der Waals surface area contributed by atoms with E-state index >= 15 is 0 Å². The monoisotopic (exact) mass is 268 g/mol. The Labute approximate surface area is 107 Å². The largest absolute Gasteiger partial charge is 0.310 e. The quantitative estimate of drug-likeness (QED) is 0.838. The average molecular weight is 268 g/mol.